The van der Waals surface area contributed by atoms with E-state index in [-0.39, 0.29) is 0 Å². The van der Waals surface area contributed by atoms with E-state index >= 15 is 0 Å². The zero-order valence-electron chi connectivity index (χ0n) is 19.8. The smallest absolute Gasteiger partial charge is 0.419 e. The quantitative estimate of drug-likeness (QED) is 0.353. The summed E-state index contributed by atoms with van der Waals surface area (Å²) in [5.41, 5.74) is 3.70. The summed E-state index contributed by atoms with van der Waals surface area (Å²) in [5, 5.41) is 0.748. The summed E-state index contributed by atoms with van der Waals surface area (Å²) in [4.78, 5) is 27.6. The van der Waals surface area contributed by atoms with Crippen LogP contribution in [0.25, 0.3) is 22.1 Å². The number of fused-ring (bicyclic) bond motifs is 2. The number of carbonyl (C=O) groups excluding carboxylic acids is 1. The third-order valence-corrected chi connectivity index (χ3v) is 6.35. The van der Waals surface area contributed by atoms with Gasteiger partial charge in [0.1, 0.15) is 11.3 Å². The maximum Gasteiger partial charge on any atom is 0.419 e. The molecule has 178 valence electrons. The van der Waals surface area contributed by atoms with Crippen LogP contribution in [0.15, 0.2) is 69.9 Å². The van der Waals surface area contributed by atoms with Gasteiger partial charge in [-0.1, -0.05) is 24.3 Å². The lowest BCUT2D eigenvalue weighted by Gasteiger charge is -2.28. The van der Waals surface area contributed by atoms with E-state index < -0.39 is 11.7 Å². The summed E-state index contributed by atoms with van der Waals surface area (Å²) < 4.78 is 22.0. The lowest BCUT2D eigenvalue weighted by atomic mass is 9.99. The minimum absolute atomic E-state index is 0.312. The second-order valence-corrected chi connectivity index (χ2v) is 8.37. The molecule has 2 heterocycles. The van der Waals surface area contributed by atoms with Crippen LogP contribution >= 0.6 is 0 Å². The highest BCUT2D eigenvalue weighted by molar-refractivity contribution is 5.92. The van der Waals surface area contributed by atoms with Gasteiger partial charge in [0.2, 0.25) is 0 Å². The Bertz CT molecular complexity index is 1490. The van der Waals surface area contributed by atoms with Crippen LogP contribution in [0.4, 0.5) is 10.5 Å². The predicted molar refractivity (Wildman–Crippen MR) is 134 cm³/mol. The van der Waals surface area contributed by atoms with E-state index in [0.29, 0.717) is 40.5 Å². The molecule has 0 bridgehead atoms. The van der Waals surface area contributed by atoms with Crippen LogP contribution in [0.3, 0.4) is 0 Å². The highest BCUT2D eigenvalue weighted by Crippen LogP contribution is 2.35. The lowest BCUT2D eigenvalue weighted by molar-refractivity contribution is 0.207. The molecule has 4 aromatic rings. The summed E-state index contributed by atoms with van der Waals surface area (Å²) in [6.07, 6.45) is 1.34. The number of carbonyl (C=O) groups is 1. The number of para-hydroxylation sites is 1. The summed E-state index contributed by atoms with van der Waals surface area (Å²) in [6.45, 7) is 2.45. The van der Waals surface area contributed by atoms with Gasteiger partial charge in [-0.15, -0.1) is 0 Å². The van der Waals surface area contributed by atoms with Gasteiger partial charge in [0.05, 0.1) is 25.5 Å². The third-order valence-electron chi connectivity index (χ3n) is 6.35. The van der Waals surface area contributed by atoms with Crippen LogP contribution in [0.1, 0.15) is 17.5 Å². The average Bonchev–Trinajstić information content (AvgIpc) is 2.88. The lowest BCUT2D eigenvalue weighted by Crippen LogP contribution is -2.37. The van der Waals surface area contributed by atoms with Crippen molar-refractivity contribution in [2.75, 3.05) is 25.7 Å². The first-order chi connectivity index (χ1) is 17.0. The SMILES string of the molecule is COc1ccc(-c2c(C)c3ccc(OC(=O)N4CCCc5ccccc54)cc3oc2=O)cc1OC. The second-order valence-electron chi connectivity index (χ2n) is 8.37. The van der Waals surface area contributed by atoms with Crippen LogP contribution in [-0.4, -0.2) is 26.9 Å². The molecule has 7 nitrogen and oxygen atoms in total. The Morgan fingerprint density at radius 3 is 2.57 bits per heavy atom. The van der Waals surface area contributed by atoms with Crippen LogP contribution in [0, 0.1) is 6.92 Å². The van der Waals surface area contributed by atoms with Crippen molar-refractivity contribution in [3.05, 3.63) is 82.2 Å². The molecule has 0 fully saturated rings. The van der Waals surface area contributed by atoms with Gasteiger partial charge >= 0.3 is 11.7 Å². The molecular formula is C28H25NO6. The minimum Gasteiger partial charge on any atom is -0.493 e. The van der Waals surface area contributed by atoms with E-state index in [1.165, 1.54) is 0 Å². The molecule has 0 radical (unpaired) electrons. The highest BCUT2D eigenvalue weighted by Gasteiger charge is 2.24. The summed E-state index contributed by atoms with van der Waals surface area (Å²) >= 11 is 0. The molecule has 1 aliphatic rings. The Morgan fingerprint density at radius 1 is 0.971 bits per heavy atom. The first-order valence-electron chi connectivity index (χ1n) is 11.4. The van der Waals surface area contributed by atoms with Crippen molar-refractivity contribution in [3.63, 3.8) is 0 Å². The maximum absolute atomic E-state index is 13.0. The van der Waals surface area contributed by atoms with Crippen molar-refractivity contribution < 1.29 is 23.4 Å². The summed E-state index contributed by atoms with van der Waals surface area (Å²) in [7, 11) is 3.10. The fourth-order valence-electron chi connectivity index (χ4n) is 4.60. The van der Waals surface area contributed by atoms with E-state index in [1.54, 1.807) is 55.5 Å². The number of amides is 1. The highest BCUT2D eigenvalue weighted by atomic mass is 16.6. The van der Waals surface area contributed by atoms with Gasteiger partial charge in [-0.25, -0.2) is 9.59 Å². The summed E-state index contributed by atoms with van der Waals surface area (Å²) in [5.74, 6) is 1.40. The van der Waals surface area contributed by atoms with Crippen molar-refractivity contribution in [1.29, 1.82) is 0 Å². The van der Waals surface area contributed by atoms with E-state index in [0.717, 1.165) is 35.0 Å². The van der Waals surface area contributed by atoms with E-state index in [9.17, 15) is 9.59 Å². The van der Waals surface area contributed by atoms with Crippen molar-refractivity contribution in [2.24, 2.45) is 0 Å². The van der Waals surface area contributed by atoms with E-state index in [1.807, 2.05) is 31.2 Å². The molecule has 3 aromatic carbocycles. The fourth-order valence-corrected chi connectivity index (χ4v) is 4.60. The van der Waals surface area contributed by atoms with Gasteiger partial charge in [0.15, 0.2) is 11.5 Å². The minimum atomic E-state index is -0.490. The number of ether oxygens (including phenoxy) is 3. The normalized spacial score (nSPS) is 12.8. The molecule has 0 unspecified atom stereocenters. The molecule has 1 amide bonds. The van der Waals surface area contributed by atoms with Crippen LogP contribution in [0.2, 0.25) is 0 Å². The third kappa shape index (κ3) is 4.10. The molecule has 0 saturated carbocycles. The van der Waals surface area contributed by atoms with Crippen LogP contribution < -0.4 is 24.7 Å². The molecule has 35 heavy (non-hydrogen) atoms. The number of rotatable bonds is 4. The van der Waals surface area contributed by atoms with Crippen molar-refractivity contribution >= 4 is 22.7 Å². The van der Waals surface area contributed by atoms with Gasteiger partial charge < -0.3 is 18.6 Å². The number of nitrogens with zero attached hydrogens (tertiary/aromatic N) is 1. The Kier molecular flexibility index (Phi) is 5.91. The average molecular weight is 472 g/mol. The molecular weight excluding hydrogens is 446 g/mol. The molecule has 0 N–H and O–H groups in total. The Labute approximate surface area is 202 Å². The predicted octanol–water partition coefficient (Wildman–Crippen LogP) is 5.74. The molecule has 0 aliphatic carbocycles. The maximum atomic E-state index is 13.0. The zero-order chi connectivity index (χ0) is 24.5. The molecule has 1 aliphatic heterocycles. The first kappa shape index (κ1) is 22.5. The van der Waals surface area contributed by atoms with Crippen molar-refractivity contribution in [3.8, 4) is 28.4 Å². The Morgan fingerprint density at radius 2 is 1.77 bits per heavy atom. The van der Waals surface area contributed by atoms with Gasteiger partial charge in [-0.2, -0.15) is 0 Å². The van der Waals surface area contributed by atoms with Gasteiger partial charge in [-0.05, 0) is 66.8 Å². The zero-order valence-corrected chi connectivity index (χ0v) is 19.8. The van der Waals surface area contributed by atoms with Crippen molar-refractivity contribution in [2.45, 2.75) is 19.8 Å². The topological polar surface area (TPSA) is 78.2 Å². The van der Waals surface area contributed by atoms with Gasteiger partial charge in [0.25, 0.3) is 0 Å². The standard InChI is InChI=1S/C28H25NO6/c1-17-21-12-11-20(34-28(31)29-14-6-8-18-7-4-5-9-22(18)29)16-24(21)35-27(30)26(17)19-10-13-23(32-2)25(15-19)33-3/h4-5,7,9-13,15-16H,6,8,14H2,1-3H3. The first-order valence-corrected chi connectivity index (χ1v) is 11.4. The van der Waals surface area contributed by atoms with E-state index in [4.69, 9.17) is 18.6 Å². The molecule has 7 heteroatoms. The molecule has 0 saturated heterocycles. The molecule has 1 aromatic heterocycles. The van der Waals surface area contributed by atoms with Gasteiger partial charge in [0, 0.05) is 18.0 Å². The number of methoxy groups -OCH3 is 2. The Hall–Kier alpha value is -4.26. The number of hydrogen-bond acceptors (Lipinski definition) is 6. The Balaban J connectivity index is 1.47. The monoisotopic (exact) mass is 471 g/mol. The molecule has 0 spiro atoms. The summed E-state index contributed by atoms with van der Waals surface area (Å²) in [6, 6.07) is 18.2. The largest absolute Gasteiger partial charge is 0.493 e. The van der Waals surface area contributed by atoms with Crippen LogP contribution in [0.5, 0.6) is 17.2 Å². The number of benzene rings is 3. The van der Waals surface area contributed by atoms with Crippen LogP contribution in [-0.2, 0) is 6.42 Å². The van der Waals surface area contributed by atoms with E-state index in [2.05, 4.69) is 0 Å². The fraction of sp³-hybridized carbons (Fsp3) is 0.214. The van der Waals surface area contributed by atoms with Crippen molar-refractivity contribution in [1.82, 2.24) is 0 Å². The van der Waals surface area contributed by atoms with Gasteiger partial charge in [-0.3, -0.25) is 4.90 Å². The number of aryl methyl sites for hydroxylation is 2. The molecule has 5 rings (SSSR count). The number of hydrogen-bond donors (Lipinski definition) is 0. The molecule has 0 atom stereocenters. The number of anilines is 1. The second kappa shape index (κ2) is 9.18.